The summed E-state index contributed by atoms with van der Waals surface area (Å²) >= 11 is 5.63. The van der Waals surface area contributed by atoms with E-state index in [9.17, 15) is 73.5 Å². The average molecular weight is 1140 g/mol. The Morgan fingerprint density at radius 3 is 1.61 bits per heavy atom. The summed E-state index contributed by atoms with van der Waals surface area (Å²) in [7, 11) is 0. The van der Waals surface area contributed by atoms with Gasteiger partial charge in [0.1, 0.15) is 24.7 Å². The number of nitrogens with zero attached hydrogens (tertiary/aromatic N) is 3. The number of benzene rings is 2. The summed E-state index contributed by atoms with van der Waals surface area (Å²) in [5.41, 5.74) is 2.23. The van der Waals surface area contributed by atoms with E-state index in [-0.39, 0.29) is 95.2 Å². The highest BCUT2D eigenvalue weighted by atomic mass is 32.1. The smallest absolute Gasteiger partial charge is 0.328 e. The van der Waals surface area contributed by atoms with Crippen LogP contribution in [0.25, 0.3) is 0 Å². The number of urea groups is 1. The van der Waals surface area contributed by atoms with Crippen molar-refractivity contribution in [3.63, 3.8) is 0 Å². The van der Waals surface area contributed by atoms with Gasteiger partial charge < -0.3 is 67.3 Å². The standard InChI is InChI=1S/C53H77N9O17S/c63-43(54-24-10-8-14-40(49(73)74)57-52(78)58-41(50(75)76)22-23-45(65)66)16-6-1-2-7-17-44(64)55-25-11-9-15-42(51(77)79-35-37-12-4-3-5-13-37)59-53(80)56-38-20-18-36(19-21-38)30-39-31-61(33-47(69)70)27-26-60(32-46(67)68)28-29-62(39)34-48(71)72/h3-5,12-13,18-21,39-42H,1-2,6-11,14-17,22-35H2,(H,54,63)(H,55,64)(H,65,66)(H,67,68)(H,69,70)(H,71,72)(H,73,74)(H,75,76)(H2,56,59,80)(H2,57,58,78)/t39?,40-,41-,42?/m0/s1. The highest BCUT2D eigenvalue weighted by Crippen LogP contribution is 2.17. The number of carbonyl (C=O) groups is 10. The number of thiocarbonyl (C=S) groups is 1. The predicted octanol–water partition coefficient (Wildman–Crippen LogP) is 2.15. The molecular weight excluding hydrogens is 1070 g/mol. The summed E-state index contributed by atoms with van der Waals surface area (Å²) in [5, 5.41) is 72.5. The van der Waals surface area contributed by atoms with Crippen molar-refractivity contribution in [2.75, 3.05) is 70.8 Å². The summed E-state index contributed by atoms with van der Waals surface area (Å²) in [6.45, 7) is 1.19. The predicted molar refractivity (Wildman–Crippen MR) is 293 cm³/mol. The van der Waals surface area contributed by atoms with Gasteiger partial charge in [-0.05, 0) is 99.7 Å². The molecule has 0 spiro atoms. The molecule has 0 saturated carbocycles. The molecule has 4 amide bonds. The molecule has 1 aliphatic heterocycles. The quantitative estimate of drug-likeness (QED) is 0.0262. The molecule has 442 valence electrons. The van der Waals surface area contributed by atoms with Crippen LogP contribution in [0.5, 0.6) is 0 Å². The molecule has 0 aromatic heterocycles. The van der Waals surface area contributed by atoms with Gasteiger partial charge in [0.25, 0.3) is 0 Å². The first-order valence-corrected chi connectivity index (χ1v) is 27.1. The third-order valence-electron chi connectivity index (χ3n) is 12.9. The minimum absolute atomic E-state index is 0.00483. The lowest BCUT2D eigenvalue weighted by molar-refractivity contribution is -0.147. The van der Waals surface area contributed by atoms with Crippen molar-refractivity contribution < 1.29 is 83.3 Å². The molecule has 1 saturated heterocycles. The SMILES string of the molecule is O=C(O)CC[C@H](NC(=O)N[C@@H](CCCCNC(=O)CCCCCCC(=O)NCCCCC(NC(=S)Nc1ccc(CC2CN(CC(=O)O)CCN(CC(=O)O)CCN2CC(=O)O)cc1)C(=O)OCc1ccccc1)C(=O)O)C(=O)O. The number of carboxylic acids is 6. The van der Waals surface area contributed by atoms with E-state index in [1.54, 1.807) is 26.8 Å². The Morgan fingerprint density at radius 2 is 1.06 bits per heavy atom. The van der Waals surface area contributed by atoms with Crippen LogP contribution in [0.2, 0.25) is 0 Å². The Balaban J connectivity index is 1.40. The zero-order chi connectivity index (χ0) is 58.8. The summed E-state index contributed by atoms with van der Waals surface area (Å²) < 4.78 is 5.65. The fourth-order valence-electron chi connectivity index (χ4n) is 8.66. The first-order valence-electron chi connectivity index (χ1n) is 26.7. The summed E-state index contributed by atoms with van der Waals surface area (Å²) in [4.78, 5) is 125. The van der Waals surface area contributed by atoms with Gasteiger partial charge in [-0.1, -0.05) is 55.3 Å². The maximum Gasteiger partial charge on any atom is 0.328 e. The number of carbonyl (C=O) groups excluding carboxylic acids is 4. The molecule has 80 heavy (non-hydrogen) atoms. The number of esters is 1. The number of hydrogen-bond acceptors (Lipinski definition) is 15. The molecule has 4 atom stereocenters. The molecule has 3 rings (SSSR count). The van der Waals surface area contributed by atoms with Gasteiger partial charge in [-0.2, -0.15) is 0 Å². The normalized spacial score (nSPS) is 15.2. The average Bonchev–Trinajstić information content (AvgIpc) is 3.46. The monoisotopic (exact) mass is 1140 g/mol. The van der Waals surface area contributed by atoms with Gasteiger partial charge in [-0.15, -0.1) is 0 Å². The Bertz CT molecular complexity index is 2350. The van der Waals surface area contributed by atoms with Crippen LogP contribution >= 0.6 is 12.2 Å². The van der Waals surface area contributed by atoms with Crippen LogP contribution < -0.4 is 31.9 Å². The third kappa shape index (κ3) is 29.5. The zero-order valence-corrected chi connectivity index (χ0v) is 45.6. The minimum atomic E-state index is -1.51. The number of aliphatic carboxylic acids is 6. The Kier molecular flexibility index (Phi) is 31.2. The molecule has 2 aromatic carbocycles. The van der Waals surface area contributed by atoms with Gasteiger partial charge in [0.05, 0.1) is 19.6 Å². The maximum atomic E-state index is 13.4. The Labute approximate surface area is 469 Å². The summed E-state index contributed by atoms with van der Waals surface area (Å²) in [6, 6.07) is 11.3. The van der Waals surface area contributed by atoms with Crippen LogP contribution in [0.1, 0.15) is 101 Å². The molecule has 0 aliphatic carbocycles. The van der Waals surface area contributed by atoms with Crippen molar-refractivity contribution >= 4 is 82.6 Å². The number of carboxylic acid groups (broad SMARTS) is 6. The van der Waals surface area contributed by atoms with Crippen molar-refractivity contribution in [1.82, 2.24) is 41.3 Å². The van der Waals surface area contributed by atoms with Crippen LogP contribution in [-0.2, 0) is 60.9 Å². The number of ether oxygens (including phenoxy) is 1. The van der Waals surface area contributed by atoms with Gasteiger partial charge >= 0.3 is 47.8 Å². The van der Waals surface area contributed by atoms with E-state index < -0.39 is 78.4 Å². The number of nitrogens with one attached hydrogen (secondary N) is 6. The van der Waals surface area contributed by atoms with Crippen LogP contribution in [-0.4, -0.2) is 200 Å². The van der Waals surface area contributed by atoms with E-state index in [1.165, 1.54) is 0 Å². The van der Waals surface area contributed by atoms with Crippen molar-refractivity contribution in [2.45, 2.75) is 127 Å². The van der Waals surface area contributed by atoms with Gasteiger partial charge in [0, 0.05) is 76.8 Å². The number of anilines is 1. The fraction of sp³-hybridized carbons (Fsp3) is 0.566. The molecule has 1 aliphatic rings. The Hall–Kier alpha value is -7.49. The molecule has 12 N–H and O–H groups in total. The van der Waals surface area contributed by atoms with Crippen molar-refractivity contribution in [3.8, 4) is 0 Å². The summed E-state index contributed by atoms with van der Waals surface area (Å²) in [5.74, 6) is -8.05. The first-order chi connectivity index (χ1) is 38.2. The van der Waals surface area contributed by atoms with Crippen LogP contribution in [0.3, 0.4) is 0 Å². The maximum absolute atomic E-state index is 13.4. The first kappa shape index (κ1) is 66.8. The number of amides is 4. The topological polar surface area (TPSA) is 383 Å². The Morgan fingerprint density at radius 1 is 0.537 bits per heavy atom. The van der Waals surface area contributed by atoms with Gasteiger partial charge in [0.15, 0.2) is 5.11 Å². The van der Waals surface area contributed by atoms with Crippen molar-refractivity contribution in [2.24, 2.45) is 0 Å². The van der Waals surface area contributed by atoms with Crippen LogP contribution in [0, 0.1) is 0 Å². The molecule has 0 radical (unpaired) electrons. The lowest BCUT2D eigenvalue weighted by Gasteiger charge is -2.33. The lowest BCUT2D eigenvalue weighted by Crippen LogP contribution is -2.51. The second-order valence-corrected chi connectivity index (χ2v) is 19.8. The second-order valence-electron chi connectivity index (χ2n) is 19.4. The molecule has 2 unspecified atom stereocenters. The molecule has 0 bridgehead atoms. The second kappa shape index (κ2) is 37.4. The van der Waals surface area contributed by atoms with Crippen molar-refractivity contribution in [1.29, 1.82) is 0 Å². The highest BCUT2D eigenvalue weighted by molar-refractivity contribution is 7.80. The van der Waals surface area contributed by atoms with Gasteiger partial charge in [-0.3, -0.25) is 43.5 Å². The molecule has 1 fully saturated rings. The van der Waals surface area contributed by atoms with Gasteiger partial charge in [-0.25, -0.2) is 19.2 Å². The highest BCUT2D eigenvalue weighted by Gasteiger charge is 2.29. The summed E-state index contributed by atoms with van der Waals surface area (Å²) in [6.07, 6.45) is 4.87. The molecular formula is C53H77N9O17S. The minimum Gasteiger partial charge on any atom is -0.481 e. The lowest BCUT2D eigenvalue weighted by atomic mass is 10.0. The number of hydrogen-bond donors (Lipinski definition) is 12. The molecule has 1 heterocycles. The van der Waals surface area contributed by atoms with Crippen molar-refractivity contribution in [3.05, 3.63) is 65.7 Å². The number of unbranched alkanes of at least 4 members (excludes halogenated alkanes) is 5. The fourth-order valence-corrected chi connectivity index (χ4v) is 8.92. The van der Waals surface area contributed by atoms with E-state index in [4.69, 9.17) is 22.1 Å². The van der Waals surface area contributed by atoms with E-state index in [0.717, 1.165) is 24.0 Å². The van der Waals surface area contributed by atoms with Gasteiger partial charge in [0.2, 0.25) is 11.8 Å². The largest absolute Gasteiger partial charge is 0.481 e. The molecule has 27 heteroatoms. The van der Waals surface area contributed by atoms with E-state index in [1.807, 2.05) is 42.5 Å². The van der Waals surface area contributed by atoms with E-state index in [0.29, 0.717) is 76.6 Å². The zero-order valence-electron chi connectivity index (χ0n) is 44.8. The number of rotatable bonds is 37. The molecule has 2 aromatic rings. The van der Waals surface area contributed by atoms with Crippen LogP contribution in [0.15, 0.2) is 54.6 Å². The van der Waals surface area contributed by atoms with Crippen LogP contribution in [0.4, 0.5) is 10.5 Å². The van der Waals surface area contributed by atoms with E-state index >= 15 is 0 Å². The molecule has 26 nitrogen and oxygen atoms in total. The third-order valence-corrected chi connectivity index (χ3v) is 13.1. The van der Waals surface area contributed by atoms with E-state index in [2.05, 4.69) is 31.9 Å².